The van der Waals surface area contributed by atoms with Crippen LogP contribution in [-0.4, -0.2) is 63.8 Å². The van der Waals surface area contributed by atoms with E-state index in [1.54, 1.807) is 11.1 Å². The van der Waals surface area contributed by atoms with Gasteiger partial charge in [0, 0.05) is 43.7 Å². The fraction of sp³-hybridized carbons (Fsp3) is 0.483. The van der Waals surface area contributed by atoms with Gasteiger partial charge in [0.25, 0.3) is 11.7 Å². The van der Waals surface area contributed by atoms with Crippen molar-refractivity contribution in [2.45, 2.75) is 66.0 Å². The minimum absolute atomic E-state index is 0.0190. The van der Waals surface area contributed by atoms with Gasteiger partial charge in [0.15, 0.2) is 5.82 Å². The molecule has 2 aromatic heterocycles. The van der Waals surface area contributed by atoms with Crippen LogP contribution in [-0.2, 0) is 16.7 Å². The Hall–Kier alpha value is -4.02. The third-order valence-electron chi connectivity index (χ3n) is 6.49. The molecule has 0 bridgehead atoms. The lowest BCUT2D eigenvalue weighted by atomic mass is 9.97. The van der Waals surface area contributed by atoms with Crippen LogP contribution in [0, 0.1) is 12.7 Å². The summed E-state index contributed by atoms with van der Waals surface area (Å²) >= 11 is 0. The quantitative estimate of drug-likeness (QED) is 0.477. The number of nitrogens with one attached hydrogen (secondary N) is 1. The summed E-state index contributed by atoms with van der Waals surface area (Å²) in [4.78, 5) is 37.0. The number of pyridine rings is 1. The van der Waals surface area contributed by atoms with Gasteiger partial charge in [0.1, 0.15) is 5.60 Å². The van der Waals surface area contributed by atoms with Crippen LogP contribution in [0.1, 0.15) is 69.2 Å². The summed E-state index contributed by atoms with van der Waals surface area (Å²) in [6.07, 6.45) is 2.51. The van der Waals surface area contributed by atoms with Crippen molar-refractivity contribution in [1.82, 2.24) is 25.3 Å². The number of carbonyl (C=O) groups is 2. The standard InChI is InChI=1S/C29H37FN6O4/c1-18-14-19(8-9-20(18)15-32-25(37)24-33-26(40-34-24)28(2,3)4)23-21(30)16-31-17-22(23)35-10-12-36(13-11-35)27(38)39-29(5,6)7/h8-9,14,16-17H,10-13,15H2,1-7H3,(H,32,37). The highest BCUT2D eigenvalue weighted by Crippen LogP contribution is 2.34. The van der Waals surface area contributed by atoms with Crippen LogP contribution in [0.5, 0.6) is 0 Å². The smallest absolute Gasteiger partial charge is 0.410 e. The monoisotopic (exact) mass is 552 g/mol. The lowest BCUT2D eigenvalue weighted by Crippen LogP contribution is -2.50. The molecule has 4 rings (SSSR count). The van der Waals surface area contributed by atoms with Crippen LogP contribution < -0.4 is 10.2 Å². The summed E-state index contributed by atoms with van der Waals surface area (Å²) in [6, 6.07) is 5.59. The van der Waals surface area contributed by atoms with Crippen LogP contribution >= 0.6 is 0 Å². The van der Waals surface area contributed by atoms with Crippen LogP contribution in [0.2, 0.25) is 0 Å². The highest BCUT2D eigenvalue weighted by atomic mass is 19.1. The van der Waals surface area contributed by atoms with E-state index in [0.29, 0.717) is 48.9 Å². The number of anilines is 1. The highest BCUT2D eigenvalue weighted by molar-refractivity contribution is 5.90. The summed E-state index contributed by atoms with van der Waals surface area (Å²) in [6.45, 7) is 15.4. The second-order valence-corrected chi connectivity index (χ2v) is 12.0. The predicted octanol–water partition coefficient (Wildman–Crippen LogP) is 4.86. The average Bonchev–Trinajstić information content (AvgIpc) is 3.38. The average molecular weight is 553 g/mol. The second kappa shape index (κ2) is 11.2. The molecule has 1 aromatic carbocycles. The van der Waals surface area contributed by atoms with Crippen LogP contribution in [0.4, 0.5) is 14.9 Å². The van der Waals surface area contributed by atoms with E-state index >= 15 is 4.39 Å². The van der Waals surface area contributed by atoms with Gasteiger partial charge in [-0.1, -0.05) is 44.1 Å². The van der Waals surface area contributed by atoms with Gasteiger partial charge < -0.3 is 24.4 Å². The molecule has 0 saturated carbocycles. The molecule has 0 aliphatic carbocycles. The number of piperazine rings is 1. The molecule has 11 heteroatoms. The molecule has 40 heavy (non-hydrogen) atoms. The van der Waals surface area contributed by atoms with E-state index in [1.165, 1.54) is 6.20 Å². The van der Waals surface area contributed by atoms with Gasteiger partial charge in [0.05, 0.1) is 18.1 Å². The summed E-state index contributed by atoms with van der Waals surface area (Å²) in [5.41, 5.74) is 2.65. The molecule has 1 saturated heterocycles. The molecule has 10 nitrogen and oxygen atoms in total. The third kappa shape index (κ3) is 6.75. The highest BCUT2D eigenvalue weighted by Gasteiger charge is 2.28. The Morgan fingerprint density at radius 2 is 1.77 bits per heavy atom. The molecule has 3 aromatic rings. The van der Waals surface area contributed by atoms with Crippen molar-refractivity contribution in [3.63, 3.8) is 0 Å². The van der Waals surface area contributed by atoms with Crippen molar-refractivity contribution < 1.29 is 23.2 Å². The molecular weight excluding hydrogens is 515 g/mol. The Kier molecular flexibility index (Phi) is 8.13. The van der Waals surface area contributed by atoms with E-state index in [2.05, 4.69) is 20.4 Å². The number of amides is 2. The molecule has 3 heterocycles. The number of rotatable bonds is 5. The zero-order chi connectivity index (χ0) is 29.2. The molecule has 0 atom stereocenters. The number of hydrogen-bond acceptors (Lipinski definition) is 8. The zero-order valence-electron chi connectivity index (χ0n) is 24.2. The Bertz CT molecular complexity index is 1380. The molecule has 2 amide bonds. The van der Waals surface area contributed by atoms with Crippen molar-refractivity contribution in [2.24, 2.45) is 0 Å². The molecule has 0 unspecified atom stereocenters. The number of halogens is 1. The first-order valence-electron chi connectivity index (χ1n) is 13.3. The summed E-state index contributed by atoms with van der Waals surface area (Å²) in [5, 5.41) is 6.61. The number of aromatic nitrogens is 3. The maximum Gasteiger partial charge on any atom is 0.410 e. The largest absolute Gasteiger partial charge is 0.444 e. The first kappa shape index (κ1) is 29.0. The van der Waals surface area contributed by atoms with Gasteiger partial charge in [-0.2, -0.15) is 4.98 Å². The van der Waals surface area contributed by atoms with Crippen LogP contribution in [0.15, 0.2) is 35.1 Å². The fourth-order valence-electron chi connectivity index (χ4n) is 4.33. The number of aryl methyl sites for hydroxylation is 1. The first-order chi connectivity index (χ1) is 18.7. The van der Waals surface area contributed by atoms with E-state index in [4.69, 9.17) is 9.26 Å². The van der Waals surface area contributed by atoms with E-state index in [1.807, 2.05) is 71.6 Å². The van der Waals surface area contributed by atoms with Crippen LogP contribution in [0.25, 0.3) is 11.1 Å². The summed E-state index contributed by atoms with van der Waals surface area (Å²) in [7, 11) is 0. The number of hydrogen-bond donors (Lipinski definition) is 1. The van der Waals surface area contributed by atoms with Gasteiger partial charge in [0.2, 0.25) is 5.89 Å². The minimum atomic E-state index is -0.566. The van der Waals surface area contributed by atoms with E-state index in [-0.39, 0.29) is 23.9 Å². The molecule has 214 valence electrons. The van der Waals surface area contributed by atoms with Crippen molar-refractivity contribution in [2.75, 3.05) is 31.1 Å². The summed E-state index contributed by atoms with van der Waals surface area (Å²) in [5.74, 6) is -0.496. The van der Waals surface area contributed by atoms with Crippen molar-refractivity contribution in [3.8, 4) is 11.1 Å². The Labute approximate surface area is 233 Å². The van der Waals surface area contributed by atoms with Crippen molar-refractivity contribution in [1.29, 1.82) is 0 Å². The first-order valence-corrected chi connectivity index (χ1v) is 13.3. The summed E-state index contributed by atoms with van der Waals surface area (Å²) < 4.78 is 25.9. The lowest BCUT2D eigenvalue weighted by molar-refractivity contribution is 0.0240. The van der Waals surface area contributed by atoms with Gasteiger partial charge in [-0.25, -0.2) is 9.18 Å². The van der Waals surface area contributed by atoms with Gasteiger partial charge in [-0.05, 0) is 44.4 Å². The normalized spacial score (nSPS) is 14.3. The number of carbonyl (C=O) groups excluding carboxylic acids is 2. The van der Waals surface area contributed by atoms with Gasteiger partial charge in [-0.15, -0.1) is 0 Å². The number of benzene rings is 1. The molecule has 0 spiro atoms. The zero-order valence-corrected chi connectivity index (χ0v) is 24.2. The van der Waals surface area contributed by atoms with Crippen LogP contribution in [0.3, 0.4) is 0 Å². The molecule has 1 aliphatic rings. The maximum absolute atomic E-state index is 15.2. The maximum atomic E-state index is 15.2. The fourth-order valence-corrected chi connectivity index (χ4v) is 4.33. The van der Waals surface area contributed by atoms with Crippen molar-refractivity contribution >= 4 is 17.7 Å². The third-order valence-corrected chi connectivity index (χ3v) is 6.49. The molecule has 0 radical (unpaired) electrons. The molecular formula is C29H37FN6O4. The SMILES string of the molecule is Cc1cc(-c2c(F)cncc2N2CCN(C(=O)OC(C)(C)C)CC2)ccc1CNC(=O)c1noc(C(C)(C)C)n1. The topological polar surface area (TPSA) is 114 Å². The molecule has 1 aliphatic heterocycles. The predicted molar refractivity (Wildman–Crippen MR) is 149 cm³/mol. The van der Waals surface area contributed by atoms with Gasteiger partial charge >= 0.3 is 6.09 Å². The Morgan fingerprint density at radius 3 is 2.38 bits per heavy atom. The minimum Gasteiger partial charge on any atom is -0.444 e. The van der Waals surface area contributed by atoms with Crippen molar-refractivity contribution in [3.05, 3.63) is 59.3 Å². The second-order valence-electron chi connectivity index (χ2n) is 12.0. The number of ether oxygens (including phenoxy) is 1. The van der Waals surface area contributed by atoms with Gasteiger partial charge in [-0.3, -0.25) is 9.78 Å². The van der Waals surface area contributed by atoms with E-state index in [0.717, 1.165) is 11.1 Å². The van der Waals surface area contributed by atoms with E-state index in [9.17, 15) is 9.59 Å². The van der Waals surface area contributed by atoms with E-state index < -0.39 is 17.3 Å². The number of nitrogens with zero attached hydrogens (tertiary/aromatic N) is 5. The Balaban J connectivity index is 1.46. The Morgan fingerprint density at radius 1 is 1.07 bits per heavy atom. The molecule has 1 fully saturated rings. The lowest BCUT2D eigenvalue weighted by Gasteiger charge is -2.37. The molecule has 1 N–H and O–H groups in total.